The molecule has 1 N–H and O–H groups in total. The van der Waals surface area contributed by atoms with Crippen molar-refractivity contribution in [1.82, 2.24) is 20.0 Å². The first-order chi connectivity index (χ1) is 13.9. The second kappa shape index (κ2) is 8.76. The Balaban J connectivity index is 1.77. The lowest BCUT2D eigenvalue weighted by molar-refractivity contribution is 0.101. The van der Waals surface area contributed by atoms with Gasteiger partial charge in [0.1, 0.15) is 0 Å². The number of rotatable bonds is 8. The van der Waals surface area contributed by atoms with E-state index in [2.05, 4.69) is 20.6 Å². The Hall–Kier alpha value is -3.36. The standard InChI is InChI=1S/C20H25N5O4/c1-6-27-16-9-8-14(11-17(16)28-7-2)19-22-23-20(29-19)21-18(26)15-10-13(5)25(24-15)12(3)4/h8-12H,6-7H2,1-5H3,(H,21,23,26). The van der Waals surface area contributed by atoms with Gasteiger partial charge in [0, 0.05) is 17.3 Å². The van der Waals surface area contributed by atoms with Crippen LogP contribution in [0, 0.1) is 6.92 Å². The van der Waals surface area contributed by atoms with Gasteiger partial charge in [0.05, 0.1) is 13.2 Å². The van der Waals surface area contributed by atoms with Crippen LogP contribution < -0.4 is 14.8 Å². The highest BCUT2D eigenvalue weighted by Crippen LogP contribution is 2.32. The minimum atomic E-state index is -0.413. The van der Waals surface area contributed by atoms with Gasteiger partial charge in [-0.2, -0.15) is 5.10 Å². The van der Waals surface area contributed by atoms with Crippen molar-refractivity contribution in [3.05, 3.63) is 35.7 Å². The highest BCUT2D eigenvalue weighted by Gasteiger charge is 2.18. The second-order valence-corrected chi connectivity index (χ2v) is 6.60. The quantitative estimate of drug-likeness (QED) is 0.613. The molecule has 2 aromatic heterocycles. The number of nitrogens with zero attached hydrogens (tertiary/aromatic N) is 4. The van der Waals surface area contributed by atoms with Crippen LogP contribution in [0.2, 0.25) is 0 Å². The van der Waals surface area contributed by atoms with E-state index in [1.165, 1.54) is 0 Å². The fourth-order valence-corrected chi connectivity index (χ4v) is 2.86. The number of hydrogen-bond acceptors (Lipinski definition) is 7. The Kier molecular flexibility index (Phi) is 6.16. The zero-order chi connectivity index (χ0) is 21.0. The van der Waals surface area contributed by atoms with Crippen molar-refractivity contribution in [2.45, 2.75) is 40.7 Å². The molecule has 0 radical (unpaired) electrons. The van der Waals surface area contributed by atoms with Crippen LogP contribution in [-0.2, 0) is 0 Å². The van der Waals surface area contributed by atoms with Crippen molar-refractivity contribution in [2.75, 3.05) is 18.5 Å². The van der Waals surface area contributed by atoms with Crippen LogP contribution in [0.5, 0.6) is 11.5 Å². The lowest BCUT2D eigenvalue weighted by Gasteiger charge is -2.11. The van der Waals surface area contributed by atoms with Crippen LogP contribution >= 0.6 is 0 Å². The van der Waals surface area contributed by atoms with E-state index in [1.54, 1.807) is 28.9 Å². The highest BCUT2D eigenvalue weighted by molar-refractivity contribution is 6.01. The van der Waals surface area contributed by atoms with Crippen molar-refractivity contribution in [3.8, 4) is 23.0 Å². The Bertz CT molecular complexity index is 993. The molecule has 3 aromatic rings. The normalized spacial score (nSPS) is 11.0. The van der Waals surface area contributed by atoms with Gasteiger partial charge in [-0.15, -0.1) is 5.10 Å². The molecular formula is C20H25N5O4. The maximum absolute atomic E-state index is 12.5. The van der Waals surface area contributed by atoms with Crippen molar-refractivity contribution >= 4 is 11.9 Å². The zero-order valence-electron chi connectivity index (χ0n) is 17.2. The van der Waals surface area contributed by atoms with Crippen molar-refractivity contribution < 1.29 is 18.7 Å². The van der Waals surface area contributed by atoms with E-state index in [1.807, 2.05) is 34.6 Å². The van der Waals surface area contributed by atoms with Gasteiger partial charge in [0.2, 0.25) is 5.89 Å². The SMILES string of the molecule is CCOc1ccc(-c2nnc(NC(=O)c3cc(C)n(C(C)C)n3)o2)cc1OCC. The molecule has 9 nitrogen and oxygen atoms in total. The third-order valence-electron chi connectivity index (χ3n) is 4.08. The molecule has 0 aliphatic heterocycles. The van der Waals surface area contributed by atoms with E-state index >= 15 is 0 Å². The molecule has 0 unspecified atom stereocenters. The molecule has 0 bridgehead atoms. The number of carbonyl (C=O) groups is 1. The second-order valence-electron chi connectivity index (χ2n) is 6.60. The van der Waals surface area contributed by atoms with Gasteiger partial charge in [-0.05, 0) is 58.9 Å². The van der Waals surface area contributed by atoms with Gasteiger partial charge in [-0.1, -0.05) is 5.10 Å². The first-order valence-electron chi connectivity index (χ1n) is 9.53. The van der Waals surface area contributed by atoms with E-state index in [9.17, 15) is 4.79 Å². The molecule has 0 fully saturated rings. The van der Waals surface area contributed by atoms with E-state index in [4.69, 9.17) is 13.9 Å². The third-order valence-corrected chi connectivity index (χ3v) is 4.08. The Labute approximate surface area is 169 Å². The van der Waals surface area contributed by atoms with Crippen LogP contribution in [0.1, 0.15) is 49.9 Å². The monoisotopic (exact) mass is 399 g/mol. The molecule has 0 aliphatic rings. The summed E-state index contributed by atoms with van der Waals surface area (Å²) >= 11 is 0. The number of anilines is 1. The molecule has 9 heteroatoms. The van der Waals surface area contributed by atoms with Crippen LogP contribution in [0.3, 0.4) is 0 Å². The first kappa shape index (κ1) is 20.4. The molecule has 0 saturated carbocycles. The summed E-state index contributed by atoms with van der Waals surface area (Å²) in [7, 11) is 0. The number of benzene rings is 1. The summed E-state index contributed by atoms with van der Waals surface area (Å²) in [4.78, 5) is 12.5. The van der Waals surface area contributed by atoms with Gasteiger partial charge >= 0.3 is 6.01 Å². The van der Waals surface area contributed by atoms with Crippen LogP contribution in [0.25, 0.3) is 11.5 Å². The summed E-state index contributed by atoms with van der Waals surface area (Å²) in [5.74, 6) is 1.07. The number of aryl methyl sites for hydroxylation is 1. The summed E-state index contributed by atoms with van der Waals surface area (Å²) in [5.41, 5.74) is 1.84. The maximum atomic E-state index is 12.5. The number of aromatic nitrogens is 4. The lowest BCUT2D eigenvalue weighted by Crippen LogP contribution is -2.14. The molecule has 0 aliphatic carbocycles. The van der Waals surface area contributed by atoms with E-state index in [0.29, 0.717) is 30.3 Å². The summed E-state index contributed by atoms with van der Waals surface area (Å²) in [6, 6.07) is 7.21. The molecule has 0 saturated heterocycles. The minimum Gasteiger partial charge on any atom is -0.490 e. The van der Waals surface area contributed by atoms with Crippen molar-refractivity contribution in [1.29, 1.82) is 0 Å². The van der Waals surface area contributed by atoms with Crippen molar-refractivity contribution in [2.24, 2.45) is 0 Å². The summed E-state index contributed by atoms with van der Waals surface area (Å²) < 4.78 is 18.6. The summed E-state index contributed by atoms with van der Waals surface area (Å²) in [6.07, 6.45) is 0. The molecule has 2 heterocycles. The van der Waals surface area contributed by atoms with Gasteiger partial charge < -0.3 is 13.9 Å². The minimum absolute atomic E-state index is 0.00593. The molecular weight excluding hydrogens is 374 g/mol. The smallest absolute Gasteiger partial charge is 0.322 e. The van der Waals surface area contributed by atoms with Gasteiger partial charge in [0.25, 0.3) is 5.91 Å². The molecule has 29 heavy (non-hydrogen) atoms. The Morgan fingerprint density at radius 2 is 1.86 bits per heavy atom. The first-order valence-corrected chi connectivity index (χ1v) is 9.53. The molecule has 1 amide bonds. The van der Waals surface area contributed by atoms with Crippen LogP contribution in [-0.4, -0.2) is 39.1 Å². The molecule has 0 spiro atoms. The fourth-order valence-electron chi connectivity index (χ4n) is 2.86. The van der Waals surface area contributed by atoms with E-state index in [0.717, 1.165) is 5.69 Å². The Morgan fingerprint density at radius 3 is 2.52 bits per heavy atom. The lowest BCUT2D eigenvalue weighted by atomic mass is 10.2. The largest absolute Gasteiger partial charge is 0.490 e. The average molecular weight is 399 g/mol. The average Bonchev–Trinajstić information content (AvgIpc) is 3.30. The summed E-state index contributed by atoms with van der Waals surface area (Å²) in [6.45, 7) is 10.7. The molecule has 1 aromatic carbocycles. The third kappa shape index (κ3) is 4.56. The van der Waals surface area contributed by atoms with Crippen molar-refractivity contribution in [3.63, 3.8) is 0 Å². The van der Waals surface area contributed by atoms with Crippen LogP contribution in [0.15, 0.2) is 28.7 Å². The van der Waals surface area contributed by atoms with Gasteiger partial charge in [0.15, 0.2) is 17.2 Å². The maximum Gasteiger partial charge on any atom is 0.322 e. The number of ether oxygens (including phenoxy) is 2. The van der Waals surface area contributed by atoms with Gasteiger partial charge in [-0.25, -0.2) is 0 Å². The van der Waals surface area contributed by atoms with Gasteiger partial charge in [-0.3, -0.25) is 14.8 Å². The molecule has 154 valence electrons. The zero-order valence-corrected chi connectivity index (χ0v) is 17.2. The van der Waals surface area contributed by atoms with Crippen LogP contribution in [0.4, 0.5) is 6.01 Å². The number of hydrogen-bond donors (Lipinski definition) is 1. The fraction of sp³-hybridized carbons (Fsp3) is 0.400. The molecule has 0 atom stereocenters. The molecule has 3 rings (SSSR count). The predicted octanol–water partition coefficient (Wildman–Crippen LogP) is 3.87. The Morgan fingerprint density at radius 1 is 1.14 bits per heavy atom. The number of nitrogens with one attached hydrogen (secondary N) is 1. The van der Waals surface area contributed by atoms with E-state index in [-0.39, 0.29) is 23.6 Å². The number of carbonyl (C=O) groups excluding carboxylic acids is 1. The topological polar surface area (TPSA) is 104 Å². The number of amides is 1. The highest BCUT2D eigenvalue weighted by atomic mass is 16.5. The summed E-state index contributed by atoms with van der Waals surface area (Å²) in [5, 5.41) is 14.8. The predicted molar refractivity (Wildman–Crippen MR) is 107 cm³/mol. The van der Waals surface area contributed by atoms with E-state index < -0.39 is 5.91 Å².